The number of hydrogen-bond acceptors (Lipinski definition) is 4. The number of aromatic amines is 1. The molecule has 1 N–H and O–H groups in total. The summed E-state index contributed by atoms with van der Waals surface area (Å²) >= 11 is 0. The molecule has 4 rings (SSSR count). The number of pyridine rings is 1. The van der Waals surface area contributed by atoms with Crippen LogP contribution in [0.4, 0.5) is 0 Å². The van der Waals surface area contributed by atoms with E-state index in [0.717, 1.165) is 11.3 Å². The number of ether oxygens (including phenoxy) is 1. The van der Waals surface area contributed by atoms with Gasteiger partial charge >= 0.3 is 5.69 Å². The van der Waals surface area contributed by atoms with Gasteiger partial charge in [-0.15, -0.1) is 0 Å². The highest BCUT2D eigenvalue weighted by Gasteiger charge is 2.28. The lowest BCUT2D eigenvalue weighted by Crippen LogP contribution is -2.40. The standard InChI is InChI=1S/C17H16N4O3/c1-11-10-24-14-7-3-2-5-12(14)9-21(11)16(22)13-6-4-8-20-15(13)18-19-17(20)23/h2-8,11H,9-10H2,1H3,(H,19,23). The number of benzene rings is 1. The van der Waals surface area contributed by atoms with Crippen molar-refractivity contribution in [3.05, 3.63) is 64.2 Å². The molecule has 1 unspecified atom stereocenters. The van der Waals surface area contributed by atoms with E-state index < -0.39 is 0 Å². The fraction of sp³-hybridized carbons (Fsp3) is 0.235. The molecule has 0 radical (unpaired) electrons. The summed E-state index contributed by atoms with van der Waals surface area (Å²) in [6.45, 7) is 2.81. The second kappa shape index (κ2) is 5.52. The molecule has 1 aromatic carbocycles. The summed E-state index contributed by atoms with van der Waals surface area (Å²) < 4.78 is 7.13. The van der Waals surface area contributed by atoms with Gasteiger partial charge in [0.05, 0.1) is 18.2 Å². The Bertz CT molecular complexity index is 975. The summed E-state index contributed by atoms with van der Waals surface area (Å²) in [4.78, 5) is 26.6. The number of para-hydroxylation sites is 1. The van der Waals surface area contributed by atoms with Crippen LogP contribution in [0.25, 0.3) is 5.65 Å². The molecule has 1 aliphatic rings. The van der Waals surface area contributed by atoms with Gasteiger partial charge in [0.2, 0.25) is 0 Å². The molecule has 0 aliphatic carbocycles. The van der Waals surface area contributed by atoms with Crippen molar-refractivity contribution in [2.75, 3.05) is 6.61 Å². The number of nitrogens with one attached hydrogen (secondary N) is 1. The number of carbonyl (C=O) groups excluding carboxylic acids is 1. The normalized spacial score (nSPS) is 17.2. The van der Waals surface area contributed by atoms with Crippen molar-refractivity contribution in [3.8, 4) is 5.75 Å². The Labute approximate surface area is 137 Å². The van der Waals surface area contributed by atoms with Crippen molar-refractivity contribution in [1.29, 1.82) is 0 Å². The Morgan fingerprint density at radius 2 is 2.12 bits per heavy atom. The van der Waals surface area contributed by atoms with E-state index in [1.165, 1.54) is 4.40 Å². The average molecular weight is 324 g/mol. The van der Waals surface area contributed by atoms with Crippen LogP contribution in [0.1, 0.15) is 22.8 Å². The van der Waals surface area contributed by atoms with Crippen LogP contribution in [0.15, 0.2) is 47.4 Å². The van der Waals surface area contributed by atoms with Gasteiger partial charge in [0.15, 0.2) is 5.65 Å². The fourth-order valence-electron chi connectivity index (χ4n) is 2.94. The Kier molecular flexibility index (Phi) is 3.34. The van der Waals surface area contributed by atoms with Crippen molar-refractivity contribution in [1.82, 2.24) is 19.5 Å². The number of rotatable bonds is 1. The highest BCUT2D eigenvalue weighted by Crippen LogP contribution is 2.26. The van der Waals surface area contributed by atoms with Crippen molar-refractivity contribution < 1.29 is 9.53 Å². The van der Waals surface area contributed by atoms with Crippen LogP contribution in [0.5, 0.6) is 5.75 Å². The molecule has 1 amide bonds. The number of aromatic nitrogens is 3. The van der Waals surface area contributed by atoms with E-state index >= 15 is 0 Å². The van der Waals surface area contributed by atoms with E-state index in [-0.39, 0.29) is 17.6 Å². The average Bonchev–Trinajstić information content (AvgIpc) is 2.90. The van der Waals surface area contributed by atoms with Crippen LogP contribution in [-0.2, 0) is 6.54 Å². The minimum atomic E-state index is -0.364. The lowest BCUT2D eigenvalue weighted by Gasteiger charge is -2.26. The van der Waals surface area contributed by atoms with E-state index in [2.05, 4.69) is 10.2 Å². The van der Waals surface area contributed by atoms with Gasteiger partial charge in [-0.25, -0.2) is 14.3 Å². The Morgan fingerprint density at radius 1 is 1.29 bits per heavy atom. The minimum Gasteiger partial charge on any atom is -0.491 e. The lowest BCUT2D eigenvalue weighted by atomic mass is 10.1. The number of hydrogen-bond donors (Lipinski definition) is 1. The van der Waals surface area contributed by atoms with Crippen molar-refractivity contribution >= 4 is 11.6 Å². The summed E-state index contributed by atoms with van der Waals surface area (Å²) in [6.07, 6.45) is 1.59. The molecule has 7 nitrogen and oxygen atoms in total. The summed E-state index contributed by atoms with van der Waals surface area (Å²) in [5, 5.41) is 6.35. The zero-order chi connectivity index (χ0) is 16.7. The van der Waals surface area contributed by atoms with Gasteiger partial charge in [-0.05, 0) is 25.1 Å². The maximum Gasteiger partial charge on any atom is 0.347 e. The largest absolute Gasteiger partial charge is 0.491 e. The SMILES string of the molecule is CC1COc2ccccc2CN1C(=O)c1cccn2c(=O)[nH]nc12. The zero-order valence-electron chi connectivity index (χ0n) is 13.1. The molecule has 0 fully saturated rings. The third-order valence-electron chi connectivity index (χ3n) is 4.26. The molecule has 0 saturated heterocycles. The maximum absolute atomic E-state index is 13.1. The molecule has 122 valence electrons. The van der Waals surface area contributed by atoms with Crippen LogP contribution < -0.4 is 10.4 Å². The molecule has 3 heterocycles. The van der Waals surface area contributed by atoms with Crippen LogP contribution in [0, 0.1) is 0 Å². The quantitative estimate of drug-likeness (QED) is 0.735. The second-order valence-electron chi connectivity index (χ2n) is 5.85. The van der Waals surface area contributed by atoms with Gasteiger partial charge in [-0.2, -0.15) is 5.10 Å². The highest BCUT2D eigenvalue weighted by atomic mass is 16.5. The van der Waals surface area contributed by atoms with Gasteiger partial charge in [0, 0.05) is 11.8 Å². The number of nitrogens with zero attached hydrogens (tertiary/aromatic N) is 3. The topological polar surface area (TPSA) is 79.7 Å². The third kappa shape index (κ3) is 2.25. The first-order valence-electron chi connectivity index (χ1n) is 7.72. The fourth-order valence-corrected chi connectivity index (χ4v) is 2.94. The van der Waals surface area contributed by atoms with E-state index in [9.17, 15) is 9.59 Å². The van der Waals surface area contributed by atoms with E-state index in [1.807, 2.05) is 31.2 Å². The first kappa shape index (κ1) is 14.5. The third-order valence-corrected chi connectivity index (χ3v) is 4.26. The number of carbonyl (C=O) groups is 1. The molecule has 0 saturated carbocycles. The van der Waals surface area contributed by atoms with Crippen LogP contribution in [0.3, 0.4) is 0 Å². The molecular formula is C17H16N4O3. The van der Waals surface area contributed by atoms with Crippen molar-refractivity contribution in [2.24, 2.45) is 0 Å². The van der Waals surface area contributed by atoms with E-state index in [4.69, 9.17) is 4.74 Å². The van der Waals surface area contributed by atoms with Crippen molar-refractivity contribution in [3.63, 3.8) is 0 Å². The van der Waals surface area contributed by atoms with Crippen LogP contribution in [-0.4, -0.2) is 38.1 Å². The lowest BCUT2D eigenvalue weighted by molar-refractivity contribution is 0.0647. The summed E-state index contributed by atoms with van der Waals surface area (Å²) in [6, 6.07) is 11.0. The second-order valence-corrected chi connectivity index (χ2v) is 5.85. The Balaban J connectivity index is 1.76. The minimum absolute atomic E-state index is 0.101. The zero-order valence-corrected chi connectivity index (χ0v) is 13.1. The number of amides is 1. The Morgan fingerprint density at radius 3 is 3.00 bits per heavy atom. The number of fused-ring (bicyclic) bond motifs is 2. The summed E-state index contributed by atoms with van der Waals surface area (Å²) in [7, 11) is 0. The Hall–Kier alpha value is -3.09. The van der Waals surface area contributed by atoms with Gasteiger partial charge < -0.3 is 9.64 Å². The first-order chi connectivity index (χ1) is 11.6. The molecule has 1 aliphatic heterocycles. The van der Waals surface area contributed by atoms with E-state index in [1.54, 1.807) is 23.2 Å². The van der Waals surface area contributed by atoms with E-state index in [0.29, 0.717) is 24.4 Å². The molecule has 2 aromatic heterocycles. The molecular weight excluding hydrogens is 308 g/mol. The van der Waals surface area contributed by atoms with Gasteiger partial charge in [0.25, 0.3) is 5.91 Å². The first-order valence-corrected chi connectivity index (χ1v) is 7.72. The van der Waals surface area contributed by atoms with Crippen molar-refractivity contribution in [2.45, 2.75) is 19.5 Å². The van der Waals surface area contributed by atoms with Crippen LogP contribution >= 0.6 is 0 Å². The van der Waals surface area contributed by atoms with Gasteiger partial charge in [-0.1, -0.05) is 18.2 Å². The summed E-state index contributed by atoms with van der Waals surface area (Å²) in [5.41, 5.74) is 1.32. The van der Waals surface area contributed by atoms with Gasteiger partial charge in [0.1, 0.15) is 12.4 Å². The molecule has 0 bridgehead atoms. The molecule has 3 aromatic rings. The predicted molar refractivity (Wildman–Crippen MR) is 87.1 cm³/mol. The highest BCUT2D eigenvalue weighted by molar-refractivity contribution is 5.99. The monoisotopic (exact) mass is 324 g/mol. The molecule has 0 spiro atoms. The van der Waals surface area contributed by atoms with Gasteiger partial charge in [-0.3, -0.25) is 4.79 Å². The van der Waals surface area contributed by atoms with Crippen LogP contribution in [0.2, 0.25) is 0 Å². The number of H-pyrrole nitrogens is 1. The predicted octanol–water partition coefficient (Wildman–Crippen LogP) is 1.45. The smallest absolute Gasteiger partial charge is 0.347 e. The summed E-state index contributed by atoms with van der Waals surface area (Å²) in [5.74, 6) is 0.626. The maximum atomic E-state index is 13.1. The molecule has 1 atom stereocenters. The molecule has 24 heavy (non-hydrogen) atoms. The molecule has 7 heteroatoms.